The van der Waals surface area contributed by atoms with E-state index in [1.54, 1.807) is 6.07 Å². The second-order valence-corrected chi connectivity index (χ2v) is 3.83. The maximum atomic E-state index is 11.3. The zero-order chi connectivity index (χ0) is 12.9. The van der Waals surface area contributed by atoms with Crippen LogP contribution in [0.4, 0.5) is 0 Å². The molecule has 0 saturated heterocycles. The van der Waals surface area contributed by atoms with E-state index >= 15 is 0 Å². The van der Waals surface area contributed by atoms with Crippen LogP contribution in [0.25, 0.3) is 0 Å². The van der Waals surface area contributed by atoms with Gasteiger partial charge in [-0.15, -0.1) is 0 Å². The van der Waals surface area contributed by atoms with Crippen LogP contribution in [-0.4, -0.2) is 12.6 Å². The lowest BCUT2D eigenvalue weighted by molar-refractivity contribution is -0.138. The van der Waals surface area contributed by atoms with E-state index in [1.807, 2.05) is 0 Å². The molecular formula is C14H21NO2. The van der Waals surface area contributed by atoms with Crippen LogP contribution in [0.15, 0.2) is 24.3 Å². The van der Waals surface area contributed by atoms with E-state index in [9.17, 15) is 4.79 Å². The summed E-state index contributed by atoms with van der Waals surface area (Å²) in [6.07, 6.45) is 9.62. The highest BCUT2D eigenvalue weighted by Crippen LogP contribution is 2.05. The quantitative estimate of drug-likeness (QED) is 0.202. The highest BCUT2D eigenvalue weighted by Gasteiger charge is 2.08. The van der Waals surface area contributed by atoms with Crippen molar-refractivity contribution in [2.45, 2.75) is 45.4 Å². The highest BCUT2D eigenvalue weighted by atomic mass is 16.5. The highest BCUT2D eigenvalue weighted by molar-refractivity contribution is 5.93. The van der Waals surface area contributed by atoms with Crippen LogP contribution in [0.1, 0.15) is 45.4 Å². The number of unbranched alkanes of at least 4 members (excludes halogenated alkanes) is 5. The SMILES string of the molecule is C=C/C=C(\C#N)C(=O)OCCCCCCCC. The minimum atomic E-state index is -0.555. The molecule has 0 rings (SSSR count). The normalized spacial score (nSPS) is 10.7. The number of carbonyl (C=O) groups is 1. The molecule has 0 bridgehead atoms. The van der Waals surface area contributed by atoms with Crippen molar-refractivity contribution in [3.05, 3.63) is 24.3 Å². The zero-order valence-electron chi connectivity index (χ0n) is 10.6. The first-order valence-corrected chi connectivity index (χ1v) is 6.16. The summed E-state index contributed by atoms with van der Waals surface area (Å²) in [6, 6.07) is 1.79. The molecule has 17 heavy (non-hydrogen) atoms. The van der Waals surface area contributed by atoms with Gasteiger partial charge < -0.3 is 4.74 Å². The first kappa shape index (κ1) is 15.4. The average molecular weight is 235 g/mol. The van der Waals surface area contributed by atoms with E-state index < -0.39 is 5.97 Å². The first-order valence-electron chi connectivity index (χ1n) is 6.16. The Labute approximate surface area is 104 Å². The number of allylic oxidation sites excluding steroid dienone is 2. The fourth-order valence-electron chi connectivity index (χ4n) is 1.39. The predicted octanol–water partition coefficient (Wildman–Crippen LogP) is 3.53. The second kappa shape index (κ2) is 10.9. The summed E-state index contributed by atoms with van der Waals surface area (Å²) < 4.78 is 4.98. The van der Waals surface area contributed by atoms with Gasteiger partial charge >= 0.3 is 5.97 Å². The Hall–Kier alpha value is -1.56. The molecule has 0 aliphatic rings. The Balaban J connectivity index is 3.61. The summed E-state index contributed by atoms with van der Waals surface area (Å²) in [4.78, 5) is 11.3. The number of ether oxygens (including phenoxy) is 1. The Bertz CT molecular complexity index is 300. The van der Waals surface area contributed by atoms with Gasteiger partial charge in [0.05, 0.1) is 6.61 Å². The van der Waals surface area contributed by atoms with E-state index in [2.05, 4.69) is 13.5 Å². The van der Waals surface area contributed by atoms with Crippen LogP contribution in [0.2, 0.25) is 0 Å². The van der Waals surface area contributed by atoms with Crippen LogP contribution in [0.5, 0.6) is 0 Å². The third-order valence-corrected chi connectivity index (χ3v) is 2.36. The van der Waals surface area contributed by atoms with Crippen molar-refractivity contribution in [2.75, 3.05) is 6.61 Å². The topological polar surface area (TPSA) is 50.1 Å². The van der Waals surface area contributed by atoms with Crippen LogP contribution < -0.4 is 0 Å². The number of carbonyl (C=O) groups excluding carboxylic acids is 1. The molecule has 0 aliphatic heterocycles. The molecule has 0 fully saturated rings. The molecule has 0 atom stereocenters. The Kier molecular flexibility index (Phi) is 9.94. The minimum absolute atomic E-state index is 0.00554. The van der Waals surface area contributed by atoms with Gasteiger partial charge in [-0.2, -0.15) is 5.26 Å². The number of nitrogens with zero attached hydrogens (tertiary/aromatic N) is 1. The predicted molar refractivity (Wildman–Crippen MR) is 68.2 cm³/mol. The lowest BCUT2D eigenvalue weighted by Gasteiger charge is -2.03. The summed E-state index contributed by atoms with van der Waals surface area (Å²) in [5.41, 5.74) is 0.00554. The van der Waals surface area contributed by atoms with Gasteiger partial charge in [0.15, 0.2) is 0 Å². The van der Waals surface area contributed by atoms with E-state index in [4.69, 9.17) is 10.00 Å². The summed E-state index contributed by atoms with van der Waals surface area (Å²) >= 11 is 0. The number of hydrogen-bond acceptors (Lipinski definition) is 3. The molecule has 0 aromatic heterocycles. The maximum Gasteiger partial charge on any atom is 0.348 e. The number of rotatable bonds is 9. The Morgan fingerprint density at radius 3 is 2.53 bits per heavy atom. The standard InChI is InChI=1S/C14H21NO2/c1-3-5-6-7-8-9-11-17-14(16)13(12-15)10-4-2/h4,10H,2-3,5-9,11H2,1H3/b13-10+. The molecule has 3 nitrogen and oxygen atoms in total. The molecule has 0 aromatic rings. The van der Waals surface area contributed by atoms with Crippen LogP contribution in [0.3, 0.4) is 0 Å². The van der Waals surface area contributed by atoms with Gasteiger partial charge in [-0.05, 0) is 12.5 Å². The summed E-state index contributed by atoms with van der Waals surface area (Å²) in [5.74, 6) is -0.555. The Morgan fingerprint density at radius 1 is 1.29 bits per heavy atom. The van der Waals surface area contributed by atoms with E-state index in [-0.39, 0.29) is 5.57 Å². The van der Waals surface area contributed by atoms with E-state index in [1.165, 1.54) is 37.8 Å². The van der Waals surface area contributed by atoms with E-state index in [0.717, 1.165) is 12.8 Å². The fourth-order valence-corrected chi connectivity index (χ4v) is 1.39. The van der Waals surface area contributed by atoms with Crippen molar-refractivity contribution in [1.29, 1.82) is 5.26 Å². The third kappa shape index (κ3) is 8.27. The number of nitriles is 1. The van der Waals surface area contributed by atoms with E-state index in [0.29, 0.717) is 6.61 Å². The van der Waals surface area contributed by atoms with Crippen molar-refractivity contribution in [2.24, 2.45) is 0 Å². The molecule has 3 heteroatoms. The molecule has 0 unspecified atom stereocenters. The van der Waals surface area contributed by atoms with Crippen molar-refractivity contribution >= 4 is 5.97 Å². The molecule has 0 aromatic carbocycles. The largest absolute Gasteiger partial charge is 0.462 e. The average Bonchev–Trinajstić information content (AvgIpc) is 2.34. The molecule has 0 aliphatic carbocycles. The summed E-state index contributed by atoms with van der Waals surface area (Å²) in [5, 5.41) is 8.66. The van der Waals surface area contributed by atoms with Gasteiger partial charge in [-0.25, -0.2) is 4.79 Å². The van der Waals surface area contributed by atoms with Crippen molar-refractivity contribution in [1.82, 2.24) is 0 Å². The first-order chi connectivity index (χ1) is 8.26. The van der Waals surface area contributed by atoms with Crippen molar-refractivity contribution < 1.29 is 9.53 Å². The van der Waals surface area contributed by atoms with Gasteiger partial charge in [-0.1, -0.05) is 51.7 Å². The van der Waals surface area contributed by atoms with Gasteiger partial charge in [0, 0.05) is 0 Å². The smallest absolute Gasteiger partial charge is 0.348 e. The zero-order valence-corrected chi connectivity index (χ0v) is 10.6. The molecule has 0 spiro atoms. The van der Waals surface area contributed by atoms with Gasteiger partial charge in [-0.3, -0.25) is 0 Å². The molecule has 0 N–H and O–H groups in total. The number of esters is 1. The summed E-state index contributed by atoms with van der Waals surface area (Å²) in [7, 11) is 0. The Morgan fingerprint density at radius 2 is 1.94 bits per heavy atom. The molecule has 0 heterocycles. The van der Waals surface area contributed by atoms with Gasteiger partial charge in [0.2, 0.25) is 0 Å². The van der Waals surface area contributed by atoms with Crippen LogP contribution >= 0.6 is 0 Å². The lowest BCUT2D eigenvalue weighted by atomic mass is 10.1. The monoisotopic (exact) mass is 235 g/mol. The third-order valence-electron chi connectivity index (χ3n) is 2.36. The molecule has 0 saturated carbocycles. The molecule has 94 valence electrons. The van der Waals surface area contributed by atoms with Crippen LogP contribution in [0, 0.1) is 11.3 Å². The molecule has 0 radical (unpaired) electrons. The van der Waals surface area contributed by atoms with Crippen LogP contribution in [-0.2, 0) is 9.53 Å². The summed E-state index contributed by atoms with van der Waals surface area (Å²) in [6.45, 7) is 6.00. The second-order valence-electron chi connectivity index (χ2n) is 3.83. The maximum absolute atomic E-state index is 11.3. The number of hydrogen-bond donors (Lipinski definition) is 0. The van der Waals surface area contributed by atoms with Crippen molar-refractivity contribution in [3.63, 3.8) is 0 Å². The van der Waals surface area contributed by atoms with Gasteiger partial charge in [0.1, 0.15) is 11.6 Å². The molecule has 0 amide bonds. The fraction of sp³-hybridized carbons (Fsp3) is 0.571. The van der Waals surface area contributed by atoms with Crippen molar-refractivity contribution in [3.8, 4) is 6.07 Å². The molecular weight excluding hydrogens is 214 g/mol. The van der Waals surface area contributed by atoms with Gasteiger partial charge in [0.25, 0.3) is 0 Å². The lowest BCUT2D eigenvalue weighted by Crippen LogP contribution is -2.07. The minimum Gasteiger partial charge on any atom is -0.462 e.